The van der Waals surface area contributed by atoms with Crippen molar-refractivity contribution in [3.05, 3.63) is 30.1 Å². The average molecular weight is 276 g/mol. The molecule has 1 aliphatic heterocycles. The average Bonchev–Trinajstić information content (AvgIpc) is 2.82. The van der Waals surface area contributed by atoms with Crippen LogP contribution in [0.25, 0.3) is 0 Å². The fraction of sp³-hybridized carbons (Fsp3) is 0.625. The molecule has 2 atom stereocenters. The Morgan fingerprint density at radius 2 is 2.10 bits per heavy atom. The lowest BCUT2D eigenvalue weighted by Crippen LogP contribution is -2.29. The molecule has 1 aromatic heterocycles. The molecule has 1 aromatic rings. The van der Waals surface area contributed by atoms with E-state index in [-0.39, 0.29) is 11.8 Å². The molecule has 0 aromatic carbocycles. The van der Waals surface area contributed by atoms with Crippen LogP contribution in [0.2, 0.25) is 0 Å². The molecule has 0 bridgehead atoms. The van der Waals surface area contributed by atoms with E-state index in [1.807, 2.05) is 17.0 Å². The summed E-state index contributed by atoms with van der Waals surface area (Å²) in [5, 5.41) is 10.1. The lowest BCUT2D eigenvalue weighted by Gasteiger charge is -2.16. The summed E-state index contributed by atoms with van der Waals surface area (Å²) in [4.78, 5) is 17.9. The number of carbonyl (C=O) groups excluding carboxylic acids is 1. The van der Waals surface area contributed by atoms with Crippen molar-refractivity contribution in [2.24, 2.45) is 5.92 Å². The van der Waals surface area contributed by atoms with Crippen LogP contribution in [0.5, 0.6) is 0 Å². The number of rotatable bonds is 6. The molecule has 2 heterocycles. The highest BCUT2D eigenvalue weighted by Crippen LogP contribution is 2.22. The molecule has 2 rings (SSSR count). The molecule has 1 amide bonds. The Hall–Kier alpha value is -1.42. The highest BCUT2D eigenvalue weighted by Gasteiger charge is 2.33. The molecule has 4 heteroatoms. The third-order valence-electron chi connectivity index (χ3n) is 4.00. The highest BCUT2D eigenvalue weighted by molar-refractivity contribution is 5.76. The van der Waals surface area contributed by atoms with E-state index < -0.39 is 6.10 Å². The third kappa shape index (κ3) is 4.04. The summed E-state index contributed by atoms with van der Waals surface area (Å²) in [6, 6.07) is 3.94. The lowest BCUT2D eigenvalue weighted by molar-refractivity contribution is -0.130. The molecule has 1 aliphatic rings. The first-order valence-electron chi connectivity index (χ1n) is 7.55. The predicted octanol–water partition coefficient (Wildman–Crippen LogP) is 2.02. The van der Waals surface area contributed by atoms with Gasteiger partial charge in [-0.05, 0) is 30.5 Å². The number of pyridine rings is 1. The molecule has 1 N–H and O–H groups in total. The minimum Gasteiger partial charge on any atom is -0.391 e. The van der Waals surface area contributed by atoms with Crippen LogP contribution in [-0.4, -0.2) is 40.1 Å². The van der Waals surface area contributed by atoms with Gasteiger partial charge in [0.25, 0.3) is 0 Å². The number of amides is 1. The zero-order chi connectivity index (χ0) is 14.4. The van der Waals surface area contributed by atoms with Crippen LogP contribution in [0.4, 0.5) is 0 Å². The SMILES string of the molecule is CCCCCC(=O)N1C[C@@H](Cc2ccncc2)[C@H](O)C1. The van der Waals surface area contributed by atoms with Gasteiger partial charge in [0, 0.05) is 37.8 Å². The number of carbonyl (C=O) groups is 1. The summed E-state index contributed by atoms with van der Waals surface area (Å²) in [7, 11) is 0. The number of unbranched alkanes of at least 4 members (excludes halogenated alkanes) is 2. The van der Waals surface area contributed by atoms with Gasteiger partial charge in [0.2, 0.25) is 5.91 Å². The van der Waals surface area contributed by atoms with Gasteiger partial charge in [0.15, 0.2) is 0 Å². The standard InChI is InChI=1S/C16H24N2O2/c1-2-3-4-5-16(20)18-11-14(15(19)12-18)10-13-6-8-17-9-7-13/h6-9,14-15,19H,2-5,10-12H2,1H3/t14-,15-/m1/s1. The topological polar surface area (TPSA) is 53.4 Å². The Bertz CT molecular complexity index is 422. The van der Waals surface area contributed by atoms with E-state index in [2.05, 4.69) is 11.9 Å². The van der Waals surface area contributed by atoms with Gasteiger partial charge in [-0.1, -0.05) is 19.8 Å². The molecular formula is C16H24N2O2. The third-order valence-corrected chi connectivity index (χ3v) is 4.00. The lowest BCUT2D eigenvalue weighted by atomic mass is 9.97. The van der Waals surface area contributed by atoms with E-state index in [1.54, 1.807) is 12.4 Å². The van der Waals surface area contributed by atoms with E-state index in [9.17, 15) is 9.90 Å². The fourth-order valence-corrected chi connectivity index (χ4v) is 2.76. The number of hydrogen-bond donors (Lipinski definition) is 1. The van der Waals surface area contributed by atoms with Crippen molar-refractivity contribution in [1.82, 2.24) is 9.88 Å². The highest BCUT2D eigenvalue weighted by atomic mass is 16.3. The normalized spacial score (nSPS) is 22.2. The first-order chi connectivity index (χ1) is 9.70. The first-order valence-corrected chi connectivity index (χ1v) is 7.55. The summed E-state index contributed by atoms with van der Waals surface area (Å²) in [6.45, 7) is 3.30. The van der Waals surface area contributed by atoms with E-state index in [1.165, 1.54) is 5.56 Å². The van der Waals surface area contributed by atoms with Crippen LogP contribution in [0.3, 0.4) is 0 Å². The van der Waals surface area contributed by atoms with Crippen LogP contribution in [-0.2, 0) is 11.2 Å². The van der Waals surface area contributed by atoms with E-state index in [0.717, 1.165) is 25.7 Å². The van der Waals surface area contributed by atoms with Crippen LogP contribution < -0.4 is 0 Å². The molecule has 0 unspecified atom stereocenters. The molecule has 20 heavy (non-hydrogen) atoms. The van der Waals surface area contributed by atoms with Crippen LogP contribution >= 0.6 is 0 Å². The molecule has 110 valence electrons. The maximum absolute atomic E-state index is 12.1. The van der Waals surface area contributed by atoms with Crippen molar-refractivity contribution in [3.8, 4) is 0 Å². The maximum atomic E-state index is 12.1. The summed E-state index contributed by atoms with van der Waals surface area (Å²) >= 11 is 0. The predicted molar refractivity (Wildman–Crippen MR) is 78.2 cm³/mol. The van der Waals surface area contributed by atoms with Crippen molar-refractivity contribution in [1.29, 1.82) is 0 Å². The molecule has 0 saturated carbocycles. The number of likely N-dealkylation sites (tertiary alicyclic amines) is 1. The van der Waals surface area contributed by atoms with Crippen molar-refractivity contribution < 1.29 is 9.90 Å². The number of nitrogens with zero attached hydrogens (tertiary/aromatic N) is 2. The number of aromatic nitrogens is 1. The second-order valence-electron chi connectivity index (χ2n) is 5.64. The van der Waals surface area contributed by atoms with Crippen molar-refractivity contribution in [3.63, 3.8) is 0 Å². The smallest absolute Gasteiger partial charge is 0.222 e. The van der Waals surface area contributed by atoms with E-state index >= 15 is 0 Å². The second kappa shape index (κ2) is 7.39. The van der Waals surface area contributed by atoms with Crippen LogP contribution in [0.1, 0.15) is 38.2 Å². The Balaban J connectivity index is 1.84. The summed E-state index contributed by atoms with van der Waals surface area (Å²) in [6.07, 6.45) is 7.73. The molecule has 0 spiro atoms. The molecule has 1 fully saturated rings. The molecular weight excluding hydrogens is 252 g/mol. The molecule has 0 radical (unpaired) electrons. The Morgan fingerprint density at radius 1 is 1.35 bits per heavy atom. The van der Waals surface area contributed by atoms with Gasteiger partial charge in [-0.3, -0.25) is 9.78 Å². The number of hydrogen-bond acceptors (Lipinski definition) is 3. The number of β-amino-alcohol motifs (C(OH)–C–C–N with tert-alkyl or cyclic N) is 1. The Kier molecular flexibility index (Phi) is 5.53. The number of aliphatic hydroxyl groups is 1. The summed E-state index contributed by atoms with van der Waals surface area (Å²) in [5.41, 5.74) is 1.17. The minimum absolute atomic E-state index is 0.146. The van der Waals surface area contributed by atoms with Gasteiger partial charge in [-0.2, -0.15) is 0 Å². The monoisotopic (exact) mass is 276 g/mol. The Labute approximate surface area is 120 Å². The number of aliphatic hydroxyl groups excluding tert-OH is 1. The van der Waals surface area contributed by atoms with Gasteiger partial charge >= 0.3 is 0 Å². The maximum Gasteiger partial charge on any atom is 0.222 e. The van der Waals surface area contributed by atoms with Crippen molar-refractivity contribution in [2.75, 3.05) is 13.1 Å². The second-order valence-corrected chi connectivity index (χ2v) is 5.64. The van der Waals surface area contributed by atoms with Gasteiger partial charge in [0.1, 0.15) is 0 Å². The van der Waals surface area contributed by atoms with Gasteiger partial charge in [0.05, 0.1) is 6.10 Å². The van der Waals surface area contributed by atoms with Crippen LogP contribution in [0, 0.1) is 5.92 Å². The zero-order valence-corrected chi connectivity index (χ0v) is 12.2. The van der Waals surface area contributed by atoms with Crippen molar-refractivity contribution in [2.45, 2.75) is 45.1 Å². The summed E-state index contributed by atoms with van der Waals surface area (Å²) < 4.78 is 0. The first kappa shape index (κ1) is 15.0. The minimum atomic E-state index is -0.404. The molecule has 1 saturated heterocycles. The largest absolute Gasteiger partial charge is 0.391 e. The van der Waals surface area contributed by atoms with Crippen LogP contribution in [0.15, 0.2) is 24.5 Å². The Morgan fingerprint density at radius 3 is 2.80 bits per heavy atom. The van der Waals surface area contributed by atoms with Gasteiger partial charge in [-0.15, -0.1) is 0 Å². The summed E-state index contributed by atoms with van der Waals surface area (Å²) in [5.74, 6) is 0.335. The van der Waals surface area contributed by atoms with E-state index in [4.69, 9.17) is 0 Å². The fourth-order valence-electron chi connectivity index (χ4n) is 2.76. The molecule has 0 aliphatic carbocycles. The van der Waals surface area contributed by atoms with Gasteiger partial charge < -0.3 is 10.0 Å². The van der Waals surface area contributed by atoms with Crippen molar-refractivity contribution >= 4 is 5.91 Å². The van der Waals surface area contributed by atoms with Gasteiger partial charge in [-0.25, -0.2) is 0 Å². The van der Waals surface area contributed by atoms with E-state index in [0.29, 0.717) is 19.5 Å². The zero-order valence-electron chi connectivity index (χ0n) is 12.2. The molecule has 4 nitrogen and oxygen atoms in total. The quantitative estimate of drug-likeness (QED) is 0.809.